The van der Waals surface area contributed by atoms with E-state index in [-0.39, 0.29) is 12.0 Å². The Morgan fingerprint density at radius 2 is 1.59 bits per heavy atom. The average molecular weight is 375 g/mol. The van der Waals surface area contributed by atoms with Gasteiger partial charge in [0.05, 0.1) is 34.5 Å². The van der Waals surface area contributed by atoms with Crippen molar-refractivity contribution in [2.45, 2.75) is 6.10 Å². The molecule has 1 unspecified atom stereocenters. The Morgan fingerprint density at radius 3 is 2.11 bits per heavy atom. The second-order valence-corrected chi connectivity index (χ2v) is 5.62. The summed E-state index contributed by atoms with van der Waals surface area (Å²) in [5.41, 5.74) is 1.30. The van der Waals surface area contributed by atoms with Crippen molar-refractivity contribution in [1.82, 2.24) is 5.32 Å². The number of ether oxygens (including phenoxy) is 5. The quantitative estimate of drug-likeness (QED) is 0.726. The van der Waals surface area contributed by atoms with Crippen molar-refractivity contribution in [3.63, 3.8) is 0 Å². The van der Waals surface area contributed by atoms with E-state index in [2.05, 4.69) is 5.32 Å². The predicted octanol–water partition coefficient (Wildman–Crippen LogP) is 2.84. The molecule has 0 saturated heterocycles. The first-order valence-electron chi connectivity index (χ1n) is 8.32. The van der Waals surface area contributed by atoms with Crippen LogP contribution in [0.2, 0.25) is 0 Å². The van der Waals surface area contributed by atoms with E-state index in [0.717, 1.165) is 11.3 Å². The lowest BCUT2D eigenvalue weighted by Crippen LogP contribution is -2.29. The molecule has 2 aromatic rings. The summed E-state index contributed by atoms with van der Waals surface area (Å²) >= 11 is 0. The normalized spacial score (nSPS) is 11.4. The van der Waals surface area contributed by atoms with Gasteiger partial charge in [0.15, 0.2) is 11.5 Å². The van der Waals surface area contributed by atoms with Gasteiger partial charge in [-0.1, -0.05) is 12.1 Å². The van der Waals surface area contributed by atoms with Gasteiger partial charge in [0, 0.05) is 19.2 Å². The number of nitrogens with one attached hydrogen (secondary N) is 1. The predicted molar refractivity (Wildman–Crippen MR) is 101 cm³/mol. The van der Waals surface area contributed by atoms with Crippen LogP contribution in [0.1, 0.15) is 22.0 Å². The minimum atomic E-state index is -0.314. The highest BCUT2D eigenvalue weighted by molar-refractivity contribution is 5.95. The van der Waals surface area contributed by atoms with E-state index in [0.29, 0.717) is 29.4 Å². The van der Waals surface area contributed by atoms with Gasteiger partial charge in [0.25, 0.3) is 5.91 Å². The zero-order valence-corrected chi connectivity index (χ0v) is 16.2. The molecule has 0 saturated carbocycles. The van der Waals surface area contributed by atoms with Crippen molar-refractivity contribution in [2.24, 2.45) is 0 Å². The van der Waals surface area contributed by atoms with Gasteiger partial charge < -0.3 is 29.0 Å². The Bertz CT molecular complexity index is 752. The molecule has 0 bridgehead atoms. The number of hydrogen-bond donors (Lipinski definition) is 1. The Labute approximate surface area is 159 Å². The number of amides is 1. The summed E-state index contributed by atoms with van der Waals surface area (Å²) in [5, 5.41) is 2.87. The van der Waals surface area contributed by atoms with E-state index in [4.69, 9.17) is 23.7 Å². The first kappa shape index (κ1) is 20.4. The zero-order chi connectivity index (χ0) is 19.8. The molecule has 146 valence electrons. The fraction of sp³-hybridized carbons (Fsp3) is 0.350. The van der Waals surface area contributed by atoms with E-state index in [1.807, 2.05) is 24.3 Å². The molecule has 27 heavy (non-hydrogen) atoms. The minimum Gasteiger partial charge on any atom is -0.497 e. The largest absolute Gasteiger partial charge is 0.497 e. The fourth-order valence-electron chi connectivity index (χ4n) is 2.68. The summed E-state index contributed by atoms with van der Waals surface area (Å²) in [4.78, 5) is 12.6. The second-order valence-electron chi connectivity index (χ2n) is 5.62. The third kappa shape index (κ3) is 4.83. The molecule has 0 fully saturated rings. The summed E-state index contributed by atoms with van der Waals surface area (Å²) < 4.78 is 26.6. The maximum absolute atomic E-state index is 12.6. The van der Waals surface area contributed by atoms with Crippen LogP contribution in [0.4, 0.5) is 0 Å². The van der Waals surface area contributed by atoms with Crippen molar-refractivity contribution in [3.8, 4) is 23.0 Å². The summed E-state index contributed by atoms with van der Waals surface area (Å²) in [7, 11) is 7.71. The molecule has 0 heterocycles. The van der Waals surface area contributed by atoms with Crippen LogP contribution >= 0.6 is 0 Å². The molecule has 1 atom stereocenters. The van der Waals surface area contributed by atoms with Gasteiger partial charge in [-0.15, -0.1) is 0 Å². The molecule has 0 aliphatic rings. The molecule has 0 aliphatic heterocycles. The number of carbonyl (C=O) groups excluding carboxylic acids is 1. The van der Waals surface area contributed by atoms with Crippen molar-refractivity contribution >= 4 is 5.91 Å². The van der Waals surface area contributed by atoms with Crippen LogP contribution in [0, 0.1) is 0 Å². The van der Waals surface area contributed by atoms with Crippen molar-refractivity contribution in [2.75, 3.05) is 42.1 Å². The standard InChI is InChI=1S/C20H25NO6/c1-23-15-8-6-7-13(9-15)18(26-4)12-21-20(22)14-10-16(24-2)19(27-5)17(11-14)25-3/h6-11,18H,12H2,1-5H3,(H,21,22). The third-order valence-corrected chi connectivity index (χ3v) is 4.13. The van der Waals surface area contributed by atoms with Crippen LogP contribution in [0.3, 0.4) is 0 Å². The first-order chi connectivity index (χ1) is 13.1. The molecule has 2 aromatic carbocycles. The van der Waals surface area contributed by atoms with Crippen LogP contribution in [0.5, 0.6) is 23.0 Å². The molecule has 2 rings (SSSR count). The molecule has 0 spiro atoms. The fourth-order valence-corrected chi connectivity index (χ4v) is 2.68. The first-order valence-corrected chi connectivity index (χ1v) is 8.32. The summed E-state index contributed by atoms with van der Waals surface area (Å²) in [6.45, 7) is 0.291. The van der Waals surface area contributed by atoms with Gasteiger partial charge >= 0.3 is 0 Å². The lowest BCUT2D eigenvalue weighted by molar-refractivity contribution is 0.0827. The molecule has 0 aromatic heterocycles. The van der Waals surface area contributed by atoms with Crippen molar-refractivity contribution in [3.05, 3.63) is 47.5 Å². The van der Waals surface area contributed by atoms with Gasteiger partial charge in [-0.3, -0.25) is 4.79 Å². The maximum Gasteiger partial charge on any atom is 0.251 e. The van der Waals surface area contributed by atoms with E-state index < -0.39 is 0 Å². The molecule has 0 aliphatic carbocycles. The van der Waals surface area contributed by atoms with Gasteiger partial charge in [0.2, 0.25) is 5.75 Å². The Balaban J connectivity index is 2.16. The second kappa shape index (κ2) is 9.68. The van der Waals surface area contributed by atoms with Crippen LogP contribution in [-0.2, 0) is 4.74 Å². The van der Waals surface area contributed by atoms with Gasteiger partial charge in [-0.05, 0) is 29.8 Å². The highest BCUT2D eigenvalue weighted by atomic mass is 16.5. The molecule has 7 heteroatoms. The molecular formula is C20H25NO6. The van der Waals surface area contributed by atoms with E-state index >= 15 is 0 Å². The smallest absolute Gasteiger partial charge is 0.251 e. The van der Waals surface area contributed by atoms with E-state index in [1.165, 1.54) is 21.3 Å². The summed E-state index contributed by atoms with van der Waals surface area (Å²) in [6, 6.07) is 10.7. The van der Waals surface area contributed by atoms with Gasteiger partial charge in [-0.25, -0.2) is 0 Å². The summed E-state index contributed by atoms with van der Waals surface area (Å²) in [5.74, 6) is 1.71. The Morgan fingerprint density at radius 1 is 0.926 bits per heavy atom. The van der Waals surface area contributed by atoms with Crippen molar-refractivity contribution < 1.29 is 28.5 Å². The average Bonchev–Trinajstić information content (AvgIpc) is 2.72. The highest BCUT2D eigenvalue weighted by Gasteiger charge is 2.18. The lowest BCUT2D eigenvalue weighted by Gasteiger charge is -2.18. The number of hydrogen-bond acceptors (Lipinski definition) is 6. The maximum atomic E-state index is 12.6. The van der Waals surface area contributed by atoms with Crippen LogP contribution < -0.4 is 24.3 Å². The number of rotatable bonds is 9. The molecule has 0 radical (unpaired) electrons. The third-order valence-electron chi connectivity index (χ3n) is 4.13. The molecule has 1 N–H and O–H groups in total. The Hall–Kier alpha value is -2.93. The lowest BCUT2D eigenvalue weighted by atomic mass is 10.1. The summed E-state index contributed by atoms with van der Waals surface area (Å²) in [6.07, 6.45) is -0.314. The van der Waals surface area contributed by atoms with Gasteiger partial charge in [-0.2, -0.15) is 0 Å². The van der Waals surface area contributed by atoms with Crippen LogP contribution in [0.15, 0.2) is 36.4 Å². The van der Waals surface area contributed by atoms with Crippen LogP contribution in [0.25, 0.3) is 0 Å². The number of methoxy groups -OCH3 is 5. The minimum absolute atomic E-state index is 0.279. The van der Waals surface area contributed by atoms with Crippen molar-refractivity contribution in [1.29, 1.82) is 0 Å². The molecule has 1 amide bonds. The highest BCUT2D eigenvalue weighted by Crippen LogP contribution is 2.38. The number of benzene rings is 2. The SMILES string of the molecule is COc1cccc(C(CNC(=O)c2cc(OC)c(OC)c(OC)c2)OC)c1. The number of carbonyl (C=O) groups is 1. The monoisotopic (exact) mass is 375 g/mol. The molecular weight excluding hydrogens is 350 g/mol. The van der Waals surface area contributed by atoms with E-state index in [1.54, 1.807) is 26.4 Å². The van der Waals surface area contributed by atoms with Gasteiger partial charge in [0.1, 0.15) is 5.75 Å². The van der Waals surface area contributed by atoms with E-state index in [9.17, 15) is 4.79 Å². The Kier molecular flexibility index (Phi) is 7.31. The topological polar surface area (TPSA) is 75.3 Å². The zero-order valence-electron chi connectivity index (χ0n) is 16.2. The molecule has 7 nitrogen and oxygen atoms in total. The van der Waals surface area contributed by atoms with Crippen LogP contribution in [-0.4, -0.2) is 48.0 Å².